The number of methoxy groups -OCH3 is 2. The quantitative estimate of drug-likeness (QED) is 0.262. The van der Waals surface area contributed by atoms with Gasteiger partial charge in [0.05, 0.1) is 32.5 Å². The zero-order valence-electron chi connectivity index (χ0n) is 17.9. The molecule has 0 aromatic heterocycles. The van der Waals surface area contributed by atoms with Crippen molar-refractivity contribution in [3.63, 3.8) is 0 Å². The molecular weight excluding hydrogens is 521 g/mol. The molecule has 0 saturated carbocycles. The fourth-order valence-electron chi connectivity index (χ4n) is 2.68. The van der Waals surface area contributed by atoms with Crippen LogP contribution in [0.3, 0.4) is 0 Å². The van der Waals surface area contributed by atoms with E-state index in [-0.39, 0.29) is 24.0 Å². The Morgan fingerprint density at radius 3 is 2.27 bits per heavy atom. The van der Waals surface area contributed by atoms with Gasteiger partial charge in [-0.1, -0.05) is 11.6 Å². The van der Waals surface area contributed by atoms with Gasteiger partial charge in [-0.2, -0.15) is 0 Å². The lowest BCUT2D eigenvalue weighted by atomic mass is 10.2. The van der Waals surface area contributed by atoms with E-state index in [0.717, 1.165) is 11.3 Å². The van der Waals surface area contributed by atoms with Crippen LogP contribution >= 0.6 is 35.6 Å². The van der Waals surface area contributed by atoms with Gasteiger partial charge >= 0.3 is 0 Å². The molecule has 0 fully saturated rings. The standard InChI is InChI=1S/C21H28ClN3O4.HI/c1-6-28-18-12-15(8-9-17(18)26-4)25-21(23-3)24-13-14-10-16(22)20(29-7-2)19(11-14)27-5;/h8-12H,6-7,13H2,1-5H3,(H2,23,24,25);1H. The lowest BCUT2D eigenvalue weighted by Gasteiger charge is -2.16. The summed E-state index contributed by atoms with van der Waals surface area (Å²) in [6.07, 6.45) is 0. The maximum absolute atomic E-state index is 6.34. The smallest absolute Gasteiger partial charge is 0.195 e. The first-order chi connectivity index (χ1) is 14.1. The predicted octanol–water partition coefficient (Wildman–Crippen LogP) is 4.96. The van der Waals surface area contributed by atoms with Crippen LogP contribution in [0.5, 0.6) is 23.0 Å². The summed E-state index contributed by atoms with van der Waals surface area (Å²) in [7, 11) is 4.90. The van der Waals surface area contributed by atoms with Crippen LogP contribution in [0, 0.1) is 0 Å². The first kappa shape index (κ1) is 26.0. The number of ether oxygens (including phenoxy) is 4. The molecule has 2 rings (SSSR count). The van der Waals surface area contributed by atoms with Crippen molar-refractivity contribution in [2.24, 2.45) is 4.99 Å². The van der Waals surface area contributed by atoms with Crippen LogP contribution in [0.2, 0.25) is 5.02 Å². The van der Waals surface area contributed by atoms with Crippen LogP contribution in [-0.2, 0) is 6.54 Å². The summed E-state index contributed by atoms with van der Waals surface area (Å²) in [5.74, 6) is 3.08. The maximum atomic E-state index is 6.34. The highest BCUT2D eigenvalue weighted by atomic mass is 127. The molecule has 0 bridgehead atoms. The monoisotopic (exact) mass is 549 g/mol. The lowest BCUT2D eigenvalue weighted by molar-refractivity contribution is 0.311. The second-order valence-electron chi connectivity index (χ2n) is 5.89. The number of aliphatic imine (C=N–C) groups is 1. The Labute approximate surface area is 200 Å². The summed E-state index contributed by atoms with van der Waals surface area (Å²) < 4.78 is 21.9. The third kappa shape index (κ3) is 7.02. The largest absolute Gasteiger partial charge is 0.493 e. The van der Waals surface area contributed by atoms with Crippen molar-refractivity contribution in [1.82, 2.24) is 5.32 Å². The summed E-state index contributed by atoms with van der Waals surface area (Å²) in [5, 5.41) is 7.00. The fourth-order valence-corrected chi connectivity index (χ4v) is 2.97. The van der Waals surface area contributed by atoms with Crippen LogP contribution in [0.25, 0.3) is 0 Å². The van der Waals surface area contributed by atoms with E-state index in [1.807, 2.05) is 44.2 Å². The number of hydrogen-bond donors (Lipinski definition) is 2. The van der Waals surface area contributed by atoms with E-state index in [4.69, 9.17) is 30.5 Å². The topological polar surface area (TPSA) is 73.3 Å². The Balaban J connectivity index is 0.00000450. The van der Waals surface area contributed by atoms with Gasteiger partial charge in [-0.3, -0.25) is 4.99 Å². The van der Waals surface area contributed by atoms with Gasteiger partial charge in [0.1, 0.15) is 0 Å². The molecule has 0 amide bonds. The molecule has 30 heavy (non-hydrogen) atoms. The van der Waals surface area contributed by atoms with E-state index in [1.165, 1.54) is 0 Å². The van der Waals surface area contributed by atoms with Gasteiger partial charge in [0.2, 0.25) is 0 Å². The molecule has 0 unspecified atom stereocenters. The van der Waals surface area contributed by atoms with E-state index < -0.39 is 0 Å². The molecule has 0 aliphatic carbocycles. The number of nitrogens with zero attached hydrogens (tertiary/aromatic N) is 1. The normalized spacial score (nSPS) is 10.7. The van der Waals surface area contributed by atoms with Crippen LogP contribution in [0.15, 0.2) is 35.3 Å². The highest BCUT2D eigenvalue weighted by Gasteiger charge is 2.12. The number of guanidine groups is 1. The molecule has 2 aromatic rings. The van der Waals surface area contributed by atoms with Crippen LogP contribution in [-0.4, -0.2) is 40.4 Å². The molecule has 0 aliphatic heterocycles. The molecule has 9 heteroatoms. The molecule has 2 N–H and O–H groups in total. The minimum atomic E-state index is 0. The predicted molar refractivity (Wildman–Crippen MR) is 133 cm³/mol. The van der Waals surface area contributed by atoms with Gasteiger partial charge in [0, 0.05) is 25.3 Å². The molecule has 0 heterocycles. The highest BCUT2D eigenvalue weighted by molar-refractivity contribution is 14.0. The van der Waals surface area contributed by atoms with Crippen molar-refractivity contribution < 1.29 is 18.9 Å². The second kappa shape index (κ2) is 13.3. The number of rotatable bonds is 9. The third-order valence-corrected chi connectivity index (χ3v) is 4.27. The lowest BCUT2D eigenvalue weighted by Crippen LogP contribution is -2.30. The minimum absolute atomic E-state index is 0. The Hall–Kier alpha value is -2.07. The summed E-state index contributed by atoms with van der Waals surface area (Å²) in [5.41, 5.74) is 1.76. The Kier molecular flexibility index (Phi) is 11.5. The molecule has 0 radical (unpaired) electrons. The summed E-state index contributed by atoms with van der Waals surface area (Å²) >= 11 is 6.34. The van der Waals surface area contributed by atoms with Gasteiger partial charge in [-0.25, -0.2) is 0 Å². The van der Waals surface area contributed by atoms with Crippen molar-refractivity contribution in [3.05, 3.63) is 40.9 Å². The Bertz CT molecular complexity index is 849. The van der Waals surface area contributed by atoms with Crippen molar-refractivity contribution in [1.29, 1.82) is 0 Å². The van der Waals surface area contributed by atoms with Crippen LogP contribution in [0.4, 0.5) is 5.69 Å². The molecular formula is C21H29ClIN3O4. The van der Waals surface area contributed by atoms with Crippen molar-refractivity contribution in [2.75, 3.05) is 39.8 Å². The van der Waals surface area contributed by atoms with Gasteiger partial charge in [-0.15, -0.1) is 24.0 Å². The number of nitrogens with one attached hydrogen (secondary N) is 2. The van der Waals surface area contributed by atoms with Crippen molar-refractivity contribution >= 4 is 47.2 Å². The Morgan fingerprint density at radius 1 is 0.967 bits per heavy atom. The SMILES string of the molecule is CCOc1cc(NC(=NC)NCc2cc(Cl)c(OCC)c(OC)c2)ccc1OC.I. The van der Waals surface area contributed by atoms with Crippen LogP contribution in [0.1, 0.15) is 19.4 Å². The number of halogens is 2. The summed E-state index contributed by atoms with van der Waals surface area (Å²) in [4.78, 5) is 4.26. The molecule has 0 aliphatic rings. The van der Waals surface area contributed by atoms with Crippen molar-refractivity contribution in [2.45, 2.75) is 20.4 Å². The fraction of sp³-hybridized carbons (Fsp3) is 0.381. The molecule has 0 saturated heterocycles. The summed E-state index contributed by atoms with van der Waals surface area (Å²) in [6, 6.07) is 9.34. The third-order valence-electron chi connectivity index (χ3n) is 3.99. The second-order valence-corrected chi connectivity index (χ2v) is 6.30. The Morgan fingerprint density at radius 2 is 1.67 bits per heavy atom. The first-order valence-corrected chi connectivity index (χ1v) is 9.71. The molecule has 0 atom stereocenters. The average molecular weight is 550 g/mol. The molecule has 7 nitrogen and oxygen atoms in total. The number of anilines is 1. The summed E-state index contributed by atoms with van der Waals surface area (Å²) in [6.45, 7) is 5.38. The van der Waals surface area contributed by atoms with Gasteiger partial charge in [0.25, 0.3) is 0 Å². The average Bonchev–Trinajstić information content (AvgIpc) is 2.73. The maximum Gasteiger partial charge on any atom is 0.195 e. The van der Waals surface area contributed by atoms with E-state index in [9.17, 15) is 0 Å². The zero-order valence-corrected chi connectivity index (χ0v) is 21.0. The molecule has 166 valence electrons. The van der Waals surface area contributed by atoms with E-state index in [2.05, 4.69) is 15.6 Å². The van der Waals surface area contributed by atoms with Crippen LogP contribution < -0.4 is 29.6 Å². The number of hydrogen-bond acceptors (Lipinski definition) is 5. The van der Waals surface area contributed by atoms with E-state index in [0.29, 0.717) is 53.7 Å². The zero-order chi connectivity index (χ0) is 21.2. The highest BCUT2D eigenvalue weighted by Crippen LogP contribution is 2.36. The number of benzene rings is 2. The van der Waals surface area contributed by atoms with Gasteiger partial charge in [0.15, 0.2) is 29.0 Å². The van der Waals surface area contributed by atoms with E-state index in [1.54, 1.807) is 21.3 Å². The first-order valence-electron chi connectivity index (χ1n) is 9.33. The minimum Gasteiger partial charge on any atom is -0.493 e. The molecule has 2 aromatic carbocycles. The van der Waals surface area contributed by atoms with E-state index >= 15 is 0 Å². The van der Waals surface area contributed by atoms with Crippen molar-refractivity contribution in [3.8, 4) is 23.0 Å². The van der Waals surface area contributed by atoms with Gasteiger partial charge < -0.3 is 29.6 Å². The van der Waals surface area contributed by atoms with Gasteiger partial charge in [-0.05, 0) is 43.7 Å². The molecule has 0 spiro atoms.